The highest BCUT2D eigenvalue weighted by Gasteiger charge is 2.10. The molecular weight excluding hydrogens is 230 g/mol. The van der Waals surface area contributed by atoms with Gasteiger partial charge < -0.3 is 4.84 Å². The molecule has 18 heavy (non-hydrogen) atoms. The van der Waals surface area contributed by atoms with Crippen LogP contribution in [0.2, 0.25) is 0 Å². The van der Waals surface area contributed by atoms with Crippen LogP contribution < -0.4 is 5.48 Å². The smallest absolute Gasteiger partial charge is 0.332 e. The lowest BCUT2D eigenvalue weighted by atomic mass is 10.1. The highest BCUT2D eigenvalue weighted by Crippen LogP contribution is 2.06. The van der Waals surface area contributed by atoms with E-state index in [1.54, 1.807) is 12.1 Å². The first-order valence-electron chi connectivity index (χ1n) is 6.20. The SMILES string of the molecule is CCCCCC(=O)ONC(=O)c1ccccc1C. The lowest BCUT2D eigenvalue weighted by Crippen LogP contribution is -2.27. The molecule has 1 aromatic rings. The Bertz CT molecular complexity index is 415. The van der Waals surface area contributed by atoms with Crippen molar-refractivity contribution in [2.45, 2.75) is 39.5 Å². The number of aryl methyl sites for hydroxylation is 1. The van der Waals surface area contributed by atoms with E-state index in [0.717, 1.165) is 24.8 Å². The first-order chi connectivity index (χ1) is 8.65. The minimum absolute atomic E-state index is 0.335. The number of nitrogens with one attached hydrogen (secondary N) is 1. The van der Waals surface area contributed by atoms with Crippen molar-refractivity contribution in [1.29, 1.82) is 0 Å². The zero-order valence-electron chi connectivity index (χ0n) is 10.9. The number of hydrogen-bond acceptors (Lipinski definition) is 3. The van der Waals surface area contributed by atoms with Crippen LogP contribution in [0.1, 0.15) is 48.5 Å². The number of unbranched alkanes of at least 4 members (excludes halogenated alkanes) is 2. The molecule has 0 heterocycles. The molecule has 0 atom stereocenters. The highest BCUT2D eigenvalue weighted by atomic mass is 16.7. The van der Waals surface area contributed by atoms with E-state index < -0.39 is 11.9 Å². The van der Waals surface area contributed by atoms with Crippen molar-refractivity contribution in [2.24, 2.45) is 0 Å². The van der Waals surface area contributed by atoms with Crippen LogP contribution in [0, 0.1) is 6.92 Å². The third-order valence-corrected chi connectivity index (χ3v) is 2.63. The fourth-order valence-electron chi connectivity index (χ4n) is 1.56. The molecule has 0 radical (unpaired) electrons. The van der Waals surface area contributed by atoms with Crippen LogP contribution in [0.15, 0.2) is 24.3 Å². The molecule has 0 spiro atoms. The second-order valence-electron chi connectivity index (χ2n) is 4.18. The van der Waals surface area contributed by atoms with Crippen molar-refractivity contribution in [3.05, 3.63) is 35.4 Å². The molecule has 0 aliphatic carbocycles. The molecule has 0 aromatic heterocycles. The van der Waals surface area contributed by atoms with Gasteiger partial charge in [0.05, 0.1) is 0 Å². The summed E-state index contributed by atoms with van der Waals surface area (Å²) in [5.41, 5.74) is 3.54. The largest absolute Gasteiger partial charge is 0.341 e. The molecule has 4 nitrogen and oxygen atoms in total. The molecule has 0 bridgehead atoms. The van der Waals surface area contributed by atoms with Crippen LogP contribution in [-0.2, 0) is 9.63 Å². The zero-order valence-corrected chi connectivity index (χ0v) is 10.9. The van der Waals surface area contributed by atoms with Crippen molar-refractivity contribution in [1.82, 2.24) is 5.48 Å². The second kappa shape index (κ2) is 7.48. The molecule has 0 aliphatic rings. The Hall–Kier alpha value is -1.84. The van der Waals surface area contributed by atoms with Gasteiger partial charge in [0.2, 0.25) is 0 Å². The van der Waals surface area contributed by atoms with Crippen molar-refractivity contribution < 1.29 is 14.4 Å². The molecule has 0 aliphatic heterocycles. The topological polar surface area (TPSA) is 55.4 Å². The van der Waals surface area contributed by atoms with Crippen LogP contribution in [0.3, 0.4) is 0 Å². The highest BCUT2D eigenvalue weighted by molar-refractivity contribution is 5.95. The number of benzene rings is 1. The maximum absolute atomic E-state index is 11.7. The summed E-state index contributed by atoms with van der Waals surface area (Å²) in [7, 11) is 0. The molecule has 0 fully saturated rings. The van der Waals surface area contributed by atoms with Crippen molar-refractivity contribution in [2.75, 3.05) is 0 Å². The predicted molar refractivity (Wildman–Crippen MR) is 68.9 cm³/mol. The summed E-state index contributed by atoms with van der Waals surface area (Å²) in [6.07, 6.45) is 3.15. The van der Waals surface area contributed by atoms with Gasteiger partial charge in [-0.2, -0.15) is 5.48 Å². The first kappa shape index (κ1) is 14.2. The Morgan fingerprint density at radius 1 is 1.22 bits per heavy atom. The van der Waals surface area contributed by atoms with E-state index in [-0.39, 0.29) is 0 Å². The van der Waals surface area contributed by atoms with Crippen LogP contribution >= 0.6 is 0 Å². The first-order valence-corrected chi connectivity index (χ1v) is 6.20. The Balaban J connectivity index is 2.38. The number of hydrogen-bond donors (Lipinski definition) is 1. The molecule has 0 unspecified atom stereocenters. The van der Waals surface area contributed by atoms with Gasteiger partial charge in [-0.25, -0.2) is 4.79 Å². The quantitative estimate of drug-likeness (QED) is 0.645. The van der Waals surface area contributed by atoms with E-state index in [1.807, 2.05) is 19.1 Å². The summed E-state index contributed by atoms with van der Waals surface area (Å²) in [5, 5.41) is 0. The number of rotatable bonds is 5. The molecule has 1 rings (SSSR count). The summed E-state index contributed by atoms with van der Waals surface area (Å²) in [6, 6.07) is 7.14. The molecule has 98 valence electrons. The van der Waals surface area contributed by atoms with Gasteiger partial charge in [0, 0.05) is 12.0 Å². The van der Waals surface area contributed by atoms with Gasteiger partial charge in [0.1, 0.15) is 0 Å². The van der Waals surface area contributed by atoms with Crippen LogP contribution in [0.25, 0.3) is 0 Å². The number of amides is 1. The van der Waals surface area contributed by atoms with Crippen molar-refractivity contribution in [3.8, 4) is 0 Å². The van der Waals surface area contributed by atoms with Crippen molar-refractivity contribution >= 4 is 11.9 Å². The van der Waals surface area contributed by atoms with Gasteiger partial charge in [-0.15, -0.1) is 0 Å². The molecule has 0 saturated carbocycles. The third-order valence-electron chi connectivity index (χ3n) is 2.63. The Labute approximate surface area is 107 Å². The second-order valence-corrected chi connectivity index (χ2v) is 4.18. The minimum atomic E-state index is -0.398. The van der Waals surface area contributed by atoms with E-state index in [4.69, 9.17) is 4.84 Å². The lowest BCUT2D eigenvalue weighted by molar-refractivity contribution is -0.149. The molecule has 0 saturated heterocycles. The zero-order chi connectivity index (χ0) is 13.4. The van der Waals surface area contributed by atoms with Gasteiger partial charge in [-0.1, -0.05) is 38.0 Å². The van der Waals surface area contributed by atoms with E-state index in [1.165, 1.54) is 0 Å². The van der Waals surface area contributed by atoms with Crippen molar-refractivity contribution in [3.63, 3.8) is 0 Å². The summed E-state index contributed by atoms with van der Waals surface area (Å²) < 4.78 is 0. The molecule has 1 aromatic carbocycles. The van der Waals surface area contributed by atoms with E-state index in [0.29, 0.717) is 12.0 Å². The monoisotopic (exact) mass is 249 g/mol. The third kappa shape index (κ3) is 4.57. The number of carbonyl (C=O) groups excluding carboxylic acids is 2. The van der Waals surface area contributed by atoms with Gasteiger partial charge in [0.25, 0.3) is 5.91 Å². The number of hydroxylamine groups is 1. The summed E-state index contributed by atoms with van der Waals surface area (Å²) in [4.78, 5) is 27.7. The minimum Gasteiger partial charge on any atom is -0.341 e. The maximum atomic E-state index is 11.7. The predicted octanol–water partition coefficient (Wildman–Crippen LogP) is 2.76. The standard InChI is InChI=1S/C14H19NO3/c1-3-4-5-10-13(16)18-15-14(17)12-9-7-6-8-11(12)2/h6-9H,3-5,10H2,1-2H3,(H,15,17). The van der Waals surface area contributed by atoms with E-state index >= 15 is 0 Å². The molecule has 1 N–H and O–H groups in total. The maximum Gasteiger partial charge on any atom is 0.332 e. The Morgan fingerprint density at radius 2 is 1.94 bits per heavy atom. The fraction of sp³-hybridized carbons (Fsp3) is 0.429. The van der Waals surface area contributed by atoms with Gasteiger partial charge >= 0.3 is 5.97 Å². The van der Waals surface area contributed by atoms with Gasteiger partial charge in [-0.05, 0) is 25.0 Å². The average molecular weight is 249 g/mol. The summed E-state index contributed by atoms with van der Waals surface area (Å²) in [6.45, 7) is 3.89. The van der Waals surface area contributed by atoms with Crippen LogP contribution in [0.4, 0.5) is 0 Å². The Morgan fingerprint density at radius 3 is 2.61 bits per heavy atom. The van der Waals surface area contributed by atoms with Gasteiger partial charge in [0.15, 0.2) is 0 Å². The van der Waals surface area contributed by atoms with Crippen LogP contribution in [-0.4, -0.2) is 11.9 Å². The van der Waals surface area contributed by atoms with E-state index in [9.17, 15) is 9.59 Å². The fourth-order valence-corrected chi connectivity index (χ4v) is 1.56. The summed E-state index contributed by atoms with van der Waals surface area (Å²) >= 11 is 0. The van der Waals surface area contributed by atoms with Gasteiger partial charge in [-0.3, -0.25) is 4.79 Å². The number of carbonyl (C=O) groups is 2. The summed E-state index contributed by atoms with van der Waals surface area (Å²) in [5.74, 6) is -0.790. The molecule has 4 heteroatoms. The molecular formula is C14H19NO3. The average Bonchev–Trinajstić information content (AvgIpc) is 2.37. The normalized spacial score (nSPS) is 9.89. The molecule has 1 amide bonds. The van der Waals surface area contributed by atoms with E-state index in [2.05, 4.69) is 12.4 Å². The Kier molecular flexibility index (Phi) is 5.91. The lowest BCUT2D eigenvalue weighted by Gasteiger charge is -2.07. The van der Waals surface area contributed by atoms with Crippen LogP contribution in [0.5, 0.6) is 0 Å².